The second kappa shape index (κ2) is 9.65. The third-order valence-electron chi connectivity index (χ3n) is 4.37. The molecule has 11 heteroatoms. The molecule has 160 valence electrons. The first-order chi connectivity index (χ1) is 12.4. The molecule has 8 N–H and O–H groups in total. The molecule has 1 aliphatic heterocycles. The van der Waals surface area contributed by atoms with Gasteiger partial charge in [-0.2, -0.15) is 0 Å². The first-order valence-electron chi connectivity index (χ1n) is 8.52. The molecule has 1 rings (SSSR count). The highest BCUT2D eigenvalue weighted by molar-refractivity contribution is 5.88. The highest BCUT2D eigenvalue weighted by atomic mass is 16.7. The molecule has 0 aliphatic carbocycles. The number of Topliss-reactive ketones (excluding diaryl/α,β-unsaturated/α-hetero) is 1. The second-order valence-corrected chi connectivity index (χ2v) is 7.60. The van der Waals surface area contributed by atoms with E-state index in [-0.39, 0.29) is 0 Å². The molecule has 0 aromatic carbocycles. The molecular formula is C16H30O11. The van der Waals surface area contributed by atoms with Crippen LogP contribution in [-0.2, 0) is 14.3 Å². The summed E-state index contributed by atoms with van der Waals surface area (Å²) in [6.45, 7) is 2.85. The summed E-state index contributed by atoms with van der Waals surface area (Å²) in [5, 5.41) is 78.2. The average molecular weight is 398 g/mol. The van der Waals surface area contributed by atoms with Gasteiger partial charge >= 0.3 is 0 Å². The van der Waals surface area contributed by atoms with Crippen molar-refractivity contribution >= 4 is 5.78 Å². The van der Waals surface area contributed by atoms with Gasteiger partial charge in [0.15, 0.2) is 12.1 Å². The van der Waals surface area contributed by atoms with Gasteiger partial charge in [0.1, 0.15) is 48.8 Å². The van der Waals surface area contributed by atoms with Crippen molar-refractivity contribution in [2.75, 3.05) is 13.2 Å². The third kappa shape index (κ3) is 5.64. The monoisotopic (exact) mass is 398 g/mol. The molecule has 0 amide bonds. The Morgan fingerprint density at radius 1 is 1.04 bits per heavy atom. The Hall–Kier alpha value is -0.730. The summed E-state index contributed by atoms with van der Waals surface area (Å²) < 4.78 is 10.3. The van der Waals surface area contributed by atoms with Crippen LogP contribution in [0, 0.1) is 5.41 Å². The Kier molecular flexibility index (Phi) is 8.69. The molecule has 0 aromatic rings. The van der Waals surface area contributed by atoms with Crippen LogP contribution in [0.25, 0.3) is 0 Å². The molecule has 0 radical (unpaired) electrons. The first-order valence-corrected chi connectivity index (χ1v) is 8.52. The zero-order valence-corrected chi connectivity index (χ0v) is 15.4. The number of carbonyl (C=O) groups is 1. The van der Waals surface area contributed by atoms with Gasteiger partial charge in [0, 0.05) is 5.41 Å². The van der Waals surface area contributed by atoms with Gasteiger partial charge in [-0.05, 0) is 0 Å². The maximum atomic E-state index is 12.2. The second-order valence-electron chi connectivity index (χ2n) is 7.60. The van der Waals surface area contributed by atoms with E-state index in [4.69, 9.17) is 9.47 Å². The van der Waals surface area contributed by atoms with Gasteiger partial charge in [0.05, 0.1) is 13.2 Å². The Morgan fingerprint density at radius 2 is 1.59 bits per heavy atom. The normalized spacial score (nSPS) is 34.0. The maximum absolute atomic E-state index is 12.2. The molecule has 1 saturated heterocycles. The van der Waals surface area contributed by atoms with Crippen LogP contribution < -0.4 is 0 Å². The predicted octanol–water partition coefficient (Wildman–Crippen LogP) is -4.14. The number of hydrogen-bond donors (Lipinski definition) is 8. The van der Waals surface area contributed by atoms with Crippen LogP contribution in [0.5, 0.6) is 0 Å². The summed E-state index contributed by atoms with van der Waals surface area (Å²) in [6.07, 6.45) is -15.9. The zero-order valence-electron chi connectivity index (χ0n) is 15.4. The topological polar surface area (TPSA) is 197 Å². The van der Waals surface area contributed by atoms with Crippen molar-refractivity contribution in [1.82, 2.24) is 0 Å². The van der Waals surface area contributed by atoms with E-state index in [1.165, 1.54) is 20.8 Å². The number of rotatable bonds is 8. The lowest BCUT2D eigenvalue weighted by Crippen LogP contribution is -2.62. The van der Waals surface area contributed by atoms with Crippen molar-refractivity contribution in [3.05, 3.63) is 0 Å². The SMILES string of the molecule is CC(C)(C)C(=O)[C@H](O)[C@@H](O)[C@H](O[C@@H]1O[C@H](CO)[C@H](O)[C@H](O)C1O)[C@H](O)CO. The van der Waals surface area contributed by atoms with E-state index < -0.39 is 79.5 Å². The lowest BCUT2D eigenvalue weighted by atomic mass is 9.84. The number of hydrogen-bond acceptors (Lipinski definition) is 11. The fraction of sp³-hybridized carbons (Fsp3) is 0.938. The van der Waals surface area contributed by atoms with Crippen LogP contribution in [-0.4, -0.2) is 115 Å². The zero-order chi connectivity index (χ0) is 21.1. The number of ketones is 1. The minimum absolute atomic E-state index is 0.730. The fourth-order valence-electron chi connectivity index (χ4n) is 2.62. The summed E-state index contributed by atoms with van der Waals surface area (Å²) in [6, 6.07) is 0. The van der Waals surface area contributed by atoms with Crippen molar-refractivity contribution in [2.24, 2.45) is 5.41 Å². The van der Waals surface area contributed by atoms with Crippen molar-refractivity contribution < 1.29 is 55.1 Å². The Labute approximate surface area is 156 Å². The molecule has 1 aliphatic rings. The van der Waals surface area contributed by atoms with Gasteiger partial charge in [0.2, 0.25) is 0 Å². The van der Waals surface area contributed by atoms with E-state index in [2.05, 4.69) is 0 Å². The first kappa shape index (κ1) is 24.3. The largest absolute Gasteiger partial charge is 0.394 e. The summed E-state index contributed by atoms with van der Waals surface area (Å²) in [4.78, 5) is 12.2. The molecular weight excluding hydrogens is 368 g/mol. The van der Waals surface area contributed by atoms with E-state index in [1.807, 2.05) is 0 Å². The van der Waals surface area contributed by atoms with Crippen LogP contribution in [0.1, 0.15) is 20.8 Å². The minimum atomic E-state index is -2.01. The number of aliphatic hydroxyl groups excluding tert-OH is 8. The van der Waals surface area contributed by atoms with Gasteiger partial charge < -0.3 is 50.3 Å². The smallest absolute Gasteiger partial charge is 0.187 e. The molecule has 1 unspecified atom stereocenters. The fourth-order valence-corrected chi connectivity index (χ4v) is 2.62. The Bertz CT molecular complexity index is 477. The van der Waals surface area contributed by atoms with Crippen molar-refractivity contribution in [2.45, 2.75) is 75.9 Å². The van der Waals surface area contributed by atoms with E-state index in [9.17, 15) is 45.6 Å². The van der Waals surface area contributed by atoms with Crippen LogP contribution >= 0.6 is 0 Å². The molecule has 1 heterocycles. The van der Waals surface area contributed by atoms with E-state index in [0.717, 1.165) is 0 Å². The summed E-state index contributed by atoms with van der Waals surface area (Å²) in [7, 11) is 0. The summed E-state index contributed by atoms with van der Waals surface area (Å²) >= 11 is 0. The Morgan fingerprint density at radius 3 is 2.04 bits per heavy atom. The van der Waals surface area contributed by atoms with Crippen molar-refractivity contribution in [1.29, 1.82) is 0 Å². The number of ether oxygens (including phenoxy) is 2. The minimum Gasteiger partial charge on any atom is -0.394 e. The standard InChI is InChI=1S/C16H30O11/c1-16(2,3)14(25)11(23)10(22)13(6(19)4-17)27-15-12(24)9(21)8(20)7(5-18)26-15/h6-13,15,17-24H,4-5H2,1-3H3/t6-,7-,8+,9+,10-,11-,12?,13-,15+/m1/s1. The molecule has 27 heavy (non-hydrogen) atoms. The summed E-state index contributed by atoms with van der Waals surface area (Å²) in [5.41, 5.74) is -1.03. The Balaban J connectivity index is 3.02. The molecule has 0 saturated carbocycles. The lowest BCUT2D eigenvalue weighted by molar-refractivity contribution is -0.326. The van der Waals surface area contributed by atoms with E-state index in [1.54, 1.807) is 0 Å². The quantitative estimate of drug-likeness (QED) is 0.197. The number of aliphatic hydroxyl groups is 8. The van der Waals surface area contributed by atoms with Crippen LogP contribution in [0.2, 0.25) is 0 Å². The van der Waals surface area contributed by atoms with Gasteiger partial charge in [0.25, 0.3) is 0 Å². The van der Waals surface area contributed by atoms with Gasteiger partial charge in [-0.25, -0.2) is 0 Å². The molecule has 11 nitrogen and oxygen atoms in total. The molecule has 0 aromatic heterocycles. The van der Waals surface area contributed by atoms with Crippen molar-refractivity contribution in [3.63, 3.8) is 0 Å². The lowest BCUT2D eigenvalue weighted by Gasteiger charge is -2.42. The highest BCUT2D eigenvalue weighted by Crippen LogP contribution is 2.26. The van der Waals surface area contributed by atoms with E-state index in [0.29, 0.717) is 0 Å². The van der Waals surface area contributed by atoms with Crippen LogP contribution in [0.4, 0.5) is 0 Å². The average Bonchev–Trinajstić information content (AvgIpc) is 2.62. The molecule has 0 spiro atoms. The van der Waals surface area contributed by atoms with Gasteiger partial charge in [-0.15, -0.1) is 0 Å². The van der Waals surface area contributed by atoms with Crippen LogP contribution in [0.15, 0.2) is 0 Å². The third-order valence-corrected chi connectivity index (χ3v) is 4.37. The molecule has 0 bridgehead atoms. The van der Waals surface area contributed by atoms with Crippen molar-refractivity contribution in [3.8, 4) is 0 Å². The highest BCUT2D eigenvalue weighted by Gasteiger charge is 2.47. The van der Waals surface area contributed by atoms with Crippen LogP contribution in [0.3, 0.4) is 0 Å². The molecule has 9 atom stereocenters. The van der Waals surface area contributed by atoms with E-state index >= 15 is 0 Å². The molecule has 1 fully saturated rings. The van der Waals surface area contributed by atoms with Gasteiger partial charge in [-0.3, -0.25) is 4.79 Å². The summed E-state index contributed by atoms with van der Waals surface area (Å²) in [5.74, 6) is -0.762. The maximum Gasteiger partial charge on any atom is 0.187 e. The number of carbonyl (C=O) groups excluding carboxylic acids is 1. The predicted molar refractivity (Wildman–Crippen MR) is 88.2 cm³/mol. The van der Waals surface area contributed by atoms with Gasteiger partial charge in [-0.1, -0.05) is 20.8 Å².